The van der Waals surface area contributed by atoms with Crippen LogP contribution < -0.4 is 5.48 Å². The molecule has 1 fully saturated rings. The Hall–Kier alpha value is -0.300. The van der Waals surface area contributed by atoms with Crippen molar-refractivity contribution >= 4 is 18.6 Å². The van der Waals surface area contributed by atoms with E-state index < -0.39 is 17.1 Å². The van der Waals surface area contributed by atoms with Gasteiger partial charge in [-0.05, 0) is 12.6 Å². The molecule has 2 atom stereocenters. The van der Waals surface area contributed by atoms with E-state index in [-0.39, 0.29) is 0 Å². The second-order valence-corrected chi connectivity index (χ2v) is 2.19. The lowest BCUT2D eigenvalue weighted by Crippen LogP contribution is -2.38. The van der Waals surface area contributed by atoms with Crippen LogP contribution in [0.4, 0.5) is 0 Å². The minimum Gasteiger partial charge on any atom is -0.478 e. The Kier molecular flexibility index (Phi) is 1.39. The Bertz CT molecular complexity index is 143. The summed E-state index contributed by atoms with van der Waals surface area (Å²) in [6.45, 7) is 0. The van der Waals surface area contributed by atoms with Gasteiger partial charge in [0.2, 0.25) is 0 Å². The van der Waals surface area contributed by atoms with E-state index in [2.05, 4.69) is 17.5 Å². The van der Waals surface area contributed by atoms with E-state index in [1.807, 2.05) is 5.48 Å². The molecule has 1 aliphatic rings. The maximum Gasteiger partial charge on any atom is 0.363 e. The molecule has 1 aliphatic heterocycles. The number of carbonyl (C=O) groups is 1. The molecule has 1 heterocycles. The molecule has 1 rings (SSSR count). The summed E-state index contributed by atoms with van der Waals surface area (Å²) < 4.78 is 0. The van der Waals surface area contributed by atoms with Crippen LogP contribution in [0.25, 0.3) is 0 Å². The van der Waals surface area contributed by atoms with Crippen molar-refractivity contribution in [2.75, 3.05) is 0 Å². The highest BCUT2D eigenvalue weighted by atomic mass is 32.1. The molecule has 0 aliphatic carbocycles. The van der Waals surface area contributed by atoms with Crippen molar-refractivity contribution in [3.8, 4) is 0 Å². The lowest BCUT2D eigenvalue weighted by atomic mass is 10.3. The first kappa shape index (κ1) is 6.81. The molecule has 0 aromatic carbocycles. The van der Waals surface area contributed by atoms with Crippen molar-refractivity contribution < 1.29 is 19.8 Å². The second-order valence-electron chi connectivity index (χ2n) is 1.65. The van der Waals surface area contributed by atoms with Gasteiger partial charge in [0.15, 0.2) is 0 Å². The normalized spacial score (nSPS) is 35.8. The molecule has 0 radical (unpaired) electrons. The smallest absolute Gasteiger partial charge is 0.363 e. The molecule has 1 saturated heterocycles. The molecule has 0 saturated carbocycles. The van der Waals surface area contributed by atoms with Crippen LogP contribution in [0, 0.1) is 0 Å². The summed E-state index contributed by atoms with van der Waals surface area (Å²) in [5.74, 6) is -1.25. The number of hydrogen-bond acceptors (Lipinski definition) is 4. The monoisotopic (exact) mass is 152 g/mol. The fourth-order valence-electron chi connectivity index (χ4n) is 0.371. The minimum atomic E-state index is -1.61. The zero-order chi connectivity index (χ0) is 7.07. The zero-order valence-electron chi connectivity index (χ0n) is 4.29. The number of nitrogens with one attached hydrogen (secondary N) is 1. The van der Waals surface area contributed by atoms with E-state index in [1.54, 1.807) is 0 Å². The average molecular weight is 152 g/mol. The third-order valence-electron chi connectivity index (χ3n) is 1.02. The van der Waals surface area contributed by atoms with Crippen LogP contribution in [0.2, 0.25) is 0 Å². The summed E-state index contributed by atoms with van der Waals surface area (Å²) in [6, 6.07) is 0. The SMILES string of the molecule is O=C(O)[C@@]1([C@H](O)[SH2+])NO1. The van der Waals surface area contributed by atoms with E-state index in [0.717, 1.165) is 0 Å². The first-order valence-electron chi connectivity index (χ1n) is 2.17. The number of rotatable bonds is 2. The van der Waals surface area contributed by atoms with Gasteiger partial charge in [0, 0.05) is 0 Å². The summed E-state index contributed by atoms with van der Waals surface area (Å²) in [4.78, 5) is 14.4. The predicted octanol–water partition coefficient (Wildman–Crippen LogP) is -2.37. The average Bonchev–Trinajstić information content (AvgIpc) is 2.40. The number of aliphatic carboxylic acids is 1. The summed E-state index contributed by atoms with van der Waals surface area (Å²) in [5, 5.41) is 17.0. The molecule has 0 aromatic heterocycles. The van der Waals surface area contributed by atoms with E-state index >= 15 is 0 Å². The van der Waals surface area contributed by atoms with E-state index in [1.165, 1.54) is 0 Å². The molecule has 52 valence electrons. The maximum absolute atomic E-state index is 10.1. The molecule has 3 N–H and O–H groups in total. The molecule has 9 heavy (non-hydrogen) atoms. The summed E-state index contributed by atoms with van der Waals surface area (Å²) in [7, 11) is 0. The fourth-order valence-corrected chi connectivity index (χ4v) is 0.612. The highest BCUT2D eigenvalue weighted by Crippen LogP contribution is 2.22. The van der Waals surface area contributed by atoms with Crippen LogP contribution in [0.5, 0.6) is 0 Å². The summed E-state index contributed by atoms with van der Waals surface area (Å²) in [6.07, 6.45) is 0. The predicted molar refractivity (Wildman–Crippen MR) is 30.7 cm³/mol. The van der Waals surface area contributed by atoms with Crippen molar-refractivity contribution in [1.29, 1.82) is 0 Å². The van der Waals surface area contributed by atoms with Gasteiger partial charge in [-0.2, -0.15) is 0 Å². The van der Waals surface area contributed by atoms with Crippen molar-refractivity contribution in [2.45, 2.75) is 11.2 Å². The van der Waals surface area contributed by atoms with Gasteiger partial charge in [0.1, 0.15) is 0 Å². The quantitative estimate of drug-likeness (QED) is 0.304. The number of hydrogen-bond donors (Lipinski definition) is 3. The number of carboxylic acid groups (broad SMARTS) is 1. The Labute approximate surface area is 56.0 Å². The molecule has 0 unspecified atom stereocenters. The van der Waals surface area contributed by atoms with Crippen LogP contribution in [-0.4, -0.2) is 27.3 Å². The standard InChI is InChI=1S/C3H5NO4S/c5-1(6)3(2(7)9)4-8-3/h2,4,7,9H,(H,5,6)/p+1/t2-,3-/m1/s1. The van der Waals surface area contributed by atoms with Crippen molar-refractivity contribution in [3.05, 3.63) is 0 Å². The third kappa shape index (κ3) is 0.897. The van der Waals surface area contributed by atoms with Gasteiger partial charge >= 0.3 is 11.7 Å². The molecule has 0 bridgehead atoms. The van der Waals surface area contributed by atoms with Gasteiger partial charge in [-0.3, -0.25) is 4.84 Å². The lowest BCUT2D eigenvalue weighted by molar-refractivity contribution is -0.145. The van der Waals surface area contributed by atoms with Crippen molar-refractivity contribution in [2.24, 2.45) is 0 Å². The van der Waals surface area contributed by atoms with Crippen LogP contribution in [0.3, 0.4) is 0 Å². The van der Waals surface area contributed by atoms with Gasteiger partial charge in [-0.1, -0.05) is 0 Å². The fraction of sp³-hybridized carbons (Fsp3) is 0.667. The maximum atomic E-state index is 10.1. The zero-order valence-corrected chi connectivity index (χ0v) is 5.29. The number of aliphatic hydroxyl groups excluding tert-OH is 1. The molecule has 6 heteroatoms. The van der Waals surface area contributed by atoms with Crippen molar-refractivity contribution in [1.82, 2.24) is 5.48 Å². The van der Waals surface area contributed by atoms with Crippen LogP contribution in [0.15, 0.2) is 0 Å². The molecular formula is C3H6NO4S+. The molecule has 0 aromatic rings. The van der Waals surface area contributed by atoms with Gasteiger partial charge in [0.05, 0.1) is 0 Å². The van der Waals surface area contributed by atoms with Crippen LogP contribution in [-0.2, 0) is 22.3 Å². The molecule has 0 spiro atoms. The highest BCUT2D eigenvalue weighted by molar-refractivity contribution is 7.59. The number of carboxylic acids is 1. The number of aliphatic hydroxyl groups is 1. The molecule has 5 nitrogen and oxygen atoms in total. The topological polar surface area (TPSA) is 92.0 Å². The Balaban J connectivity index is 2.63. The van der Waals surface area contributed by atoms with E-state index in [4.69, 9.17) is 10.2 Å². The van der Waals surface area contributed by atoms with E-state index in [9.17, 15) is 4.79 Å². The Morgan fingerprint density at radius 3 is 2.33 bits per heavy atom. The van der Waals surface area contributed by atoms with Gasteiger partial charge < -0.3 is 10.2 Å². The van der Waals surface area contributed by atoms with Crippen molar-refractivity contribution in [3.63, 3.8) is 0 Å². The third-order valence-corrected chi connectivity index (χ3v) is 1.43. The Morgan fingerprint density at radius 1 is 1.89 bits per heavy atom. The second kappa shape index (κ2) is 1.84. The molecular weight excluding hydrogens is 146 g/mol. The largest absolute Gasteiger partial charge is 0.478 e. The van der Waals surface area contributed by atoms with Crippen LogP contribution in [0.1, 0.15) is 0 Å². The van der Waals surface area contributed by atoms with Gasteiger partial charge in [0.25, 0.3) is 5.44 Å². The molecule has 0 amide bonds. The number of hydroxylamine groups is 1. The highest BCUT2D eigenvalue weighted by Gasteiger charge is 2.62. The first-order valence-corrected chi connectivity index (χ1v) is 2.75. The van der Waals surface area contributed by atoms with Gasteiger partial charge in [-0.15, -0.1) is 5.48 Å². The van der Waals surface area contributed by atoms with Gasteiger partial charge in [-0.25, -0.2) is 4.79 Å². The van der Waals surface area contributed by atoms with E-state index in [0.29, 0.717) is 0 Å². The van der Waals surface area contributed by atoms with Crippen LogP contribution >= 0.6 is 0 Å². The first-order chi connectivity index (χ1) is 4.09. The lowest BCUT2D eigenvalue weighted by Gasteiger charge is -1.98. The minimum absolute atomic E-state index is 1.23. The summed E-state index contributed by atoms with van der Waals surface area (Å²) in [5.41, 5.74) is -0.792. The Morgan fingerprint density at radius 2 is 2.33 bits per heavy atom. The summed E-state index contributed by atoms with van der Waals surface area (Å²) >= 11 is 2.69.